The number of rotatable bonds is 4. The van der Waals surface area contributed by atoms with E-state index in [2.05, 4.69) is 70.9 Å². The van der Waals surface area contributed by atoms with E-state index in [-0.39, 0.29) is 0 Å². The predicted octanol–water partition coefficient (Wildman–Crippen LogP) is 5.03. The molecule has 0 radical (unpaired) electrons. The van der Waals surface area contributed by atoms with E-state index in [1.54, 1.807) is 0 Å². The van der Waals surface area contributed by atoms with Crippen molar-refractivity contribution in [2.24, 2.45) is 0 Å². The first-order valence-corrected chi connectivity index (χ1v) is 9.46. The Balaban J connectivity index is 1.91. The first-order valence-electron chi connectivity index (χ1n) is 9.08. The first kappa shape index (κ1) is 16.6. The topological polar surface area (TPSA) is 11.4 Å². The fraction of sp³-hybridized carbons (Fsp3) is 0.333. The number of hydrazine groups is 1. The summed E-state index contributed by atoms with van der Waals surface area (Å²) >= 11 is 6.34. The predicted molar refractivity (Wildman–Crippen MR) is 106 cm³/mol. The van der Waals surface area contributed by atoms with Crippen LogP contribution in [0.15, 0.2) is 48.5 Å². The van der Waals surface area contributed by atoms with Gasteiger partial charge in [0.2, 0.25) is 0 Å². The molecule has 0 saturated heterocycles. The maximum atomic E-state index is 6.34. The maximum Gasteiger partial charge on any atom is 0.0544 e. The van der Waals surface area contributed by atoms with Crippen LogP contribution >= 0.6 is 11.6 Å². The highest BCUT2D eigenvalue weighted by atomic mass is 35.5. The van der Waals surface area contributed by atoms with Crippen molar-refractivity contribution in [1.82, 2.24) is 14.6 Å². The van der Waals surface area contributed by atoms with Crippen LogP contribution in [-0.2, 0) is 13.1 Å². The van der Waals surface area contributed by atoms with Crippen LogP contribution in [0, 0.1) is 0 Å². The number of fused-ring (bicyclic) bond motifs is 3. The summed E-state index contributed by atoms with van der Waals surface area (Å²) in [5.41, 5.74) is 5.28. The smallest absolute Gasteiger partial charge is 0.0544 e. The van der Waals surface area contributed by atoms with Gasteiger partial charge in [0.25, 0.3) is 0 Å². The van der Waals surface area contributed by atoms with Gasteiger partial charge in [-0.25, -0.2) is 10.0 Å². The van der Waals surface area contributed by atoms with E-state index in [1.165, 1.54) is 27.7 Å². The molecule has 2 heterocycles. The fourth-order valence-corrected chi connectivity index (χ4v) is 4.23. The molecule has 0 saturated carbocycles. The van der Waals surface area contributed by atoms with Crippen LogP contribution in [0.5, 0.6) is 0 Å². The number of benzene rings is 2. The summed E-state index contributed by atoms with van der Waals surface area (Å²) in [5.74, 6) is 0. The highest BCUT2D eigenvalue weighted by Gasteiger charge is 2.26. The SMILES string of the molecule is CCN(CC)N1CCn2c(c(-c3ccccc3)c3cc(Cl)ccc32)C1. The zero-order valence-corrected chi connectivity index (χ0v) is 15.6. The quantitative estimate of drug-likeness (QED) is 0.651. The van der Waals surface area contributed by atoms with Crippen molar-refractivity contribution in [3.63, 3.8) is 0 Å². The van der Waals surface area contributed by atoms with Crippen LogP contribution in [-0.4, -0.2) is 34.2 Å². The van der Waals surface area contributed by atoms with Crippen LogP contribution in [0.3, 0.4) is 0 Å². The Morgan fingerprint density at radius 2 is 1.76 bits per heavy atom. The fourth-order valence-electron chi connectivity index (χ4n) is 4.06. The zero-order valence-electron chi connectivity index (χ0n) is 14.9. The molecule has 1 aliphatic rings. The number of nitrogens with zero attached hydrogens (tertiary/aromatic N) is 3. The van der Waals surface area contributed by atoms with Crippen molar-refractivity contribution >= 4 is 22.5 Å². The Morgan fingerprint density at radius 1 is 1.00 bits per heavy atom. The summed E-state index contributed by atoms with van der Waals surface area (Å²) in [7, 11) is 0. The third kappa shape index (κ3) is 2.86. The van der Waals surface area contributed by atoms with Crippen molar-refractivity contribution in [2.45, 2.75) is 26.9 Å². The Bertz CT molecular complexity index is 881. The van der Waals surface area contributed by atoms with Crippen LogP contribution in [0.25, 0.3) is 22.0 Å². The molecular formula is C21H24ClN3. The van der Waals surface area contributed by atoms with Gasteiger partial charge in [-0.1, -0.05) is 55.8 Å². The lowest BCUT2D eigenvalue weighted by Crippen LogP contribution is -2.46. The lowest BCUT2D eigenvalue weighted by atomic mass is 10.0. The van der Waals surface area contributed by atoms with Gasteiger partial charge in [-0.2, -0.15) is 0 Å². The van der Waals surface area contributed by atoms with Crippen LogP contribution in [0.1, 0.15) is 19.5 Å². The highest BCUT2D eigenvalue weighted by Crippen LogP contribution is 2.38. The van der Waals surface area contributed by atoms with Crippen LogP contribution in [0.4, 0.5) is 0 Å². The molecule has 4 rings (SSSR count). The Morgan fingerprint density at radius 3 is 2.48 bits per heavy atom. The zero-order chi connectivity index (χ0) is 17.4. The van der Waals surface area contributed by atoms with Crippen LogP contribution in [0.2, 0.25) is 5.02 Å². The van der Waals surface area contributed by atoms with E-state index in [0.717, 1.165) is 37.7 Å². The Hall–Kier alpha value is -1.81. The van der Waals surface area contributed by atoms with Gasteiger partial charge < -0.3 is 4.57 Å². The summed E-state index contributed by atoms with van der Waals surface area (Å²) in [5, 5.41) is 6.98. The molecule has 1 aliphatic heterocycles. The van der Waals surface area contributed by atoms with E-state index >= 15 is 0 Å². The maximum absolute atomic E-state index is 6.34. The van der Waals surface area contributed by atoms with E-state index in [1.807, 2.05) is 6.07 Å². The molecule has 0 N–H and O–H groups in total. The van der Waals surface area contributed by atoms with Crippen LogP contribution < -0.4 is 0 Å². The minimum absolute atomic E-state index is 0.799. The summed E-state index contributed by atoms with van der Waals surface area (Å²) in [6.07, 6.45) is 0. The molecule has 4 heteroatoms. The highest BCUT2D eigenvalue weighted by molar-refractivity contribution is 6.31. The molecule has 0 amide bonds. The monoisotopic (exact) mass is 353 g/mol. The second kappa shape index (κ2) is 6.83. The molecule has 0 fully saturated rings. The minimum atomic E-state index is 0.799. The number of halogens is 1. The standard InChI is InChI=1S/C21H24ClN3/c1-3-23(4-2)24-12-13-25-19-11-10-17(22)14-18(19)21(20(25)15-24)16-8-6-5-7-9-16/h5-11,14H,3-4,12-13,15H2,1-2H3. The largest absolute Gasteiger partial charge is 0.341 e. The van der Waals surface area contributed by atoms with Gasteiger partial charge in [0.15, 0.2) is 0 Å². The minimum Gasteiger partial charge on any atom is -0.341 e. The normalized spacial score (nSPS) is 15.0. The summed E-state index contributed by atoms with van der Waals surface area (Å²) in [6.45, 7) is 9.55. The summed E-state index contributed by atoms with van der Waals surface area (Å²) in [6, 6.07) is 17.0. The van der Waals surface area contributed by atoms with Gasteiger partial charge >= 0.3 is 0 Å². The van der Waals surface area contributed by atoms with Crippen molar-refractivity contribution in [3.05, 3.63) is 59.2 Å². The molecule has 2 aromatic carbocycles. The second-order valence-electron chi connectivity index (χ2n) is 6.53. The first-order chi connectivity index (χ1) is 12.2. The third-order valence-electron chi connectivity index (χ3n) is 5.24. The summed E-state index contributed by atoms with van der Waals surface area (Å²) < 4.78 is 2.48. The van der Waals surface area contributed by atoms with Gasteiger partial charge in [0, 0.05) is 53.4 Å². The third-order valence-corrected chi connectivity index (χ3v) is 5.47. The number of aromatic nitrogens is 1. The van der Waals surface area contributed by atoms with Gasteiger partial charge in [-0.15, -0.1) is 0 Å². The van der Waals surface area contributed by atoms with Crippen molar-refractivity contribution in [1.29, 1.82) is 0 Å². The Kier molecular flexibility index (Phi) is 4.55. The molecule has 0 aliphatic carbocycles. The van der Waals surface area contributed by atoms with Gasteiger partial charge in [0.05, 0.1) is 6.54 Å². The second-order valence-corrected chi connectivity index (χ2v) is 6.96. The molecule has 0 atom stereocenters. The van der Waals surface area contributed by atoms with E-state index in [4.69, 9.17) is 11.6 Å². The summed E-state index contributed by atoms with van der Waals surface area (Å²) in [4.78, 5) is 0. The van der Waals surface area contributed by atoms with Gasteiger partial charge in [-0.3, -0.25) is 0 Å². The average molecular weight is 354 g/mol. The number of hydrogen-bond acceptors (Lipinski definition) is 2. The molecule has 0 bridgehead atoms. The van der Waals surface area contributed by atoms with Gasteiger partial charge in [0.1, 0.15) is 0 Å². The molecule has 1 aromatic heterocycles. The van der Waals surface area contributed by atoms with E-state index in [9.17, 15) is 0 Å². The Labute approximate surface area is 154 Å². The van der Waals surface area contributed by atoms with Crippen molar-refractivity contribution < 1.29 is 0 Å². The molecule has 130 valence electrons. The van der Waals surface area contributed by atoms with E-state index < -0.39 is 0 Å². The molecule has 3 aromatic rings. The molecule has 3 nitrogen and oxygen atoms in total. The lowest BCUT2D eigenvalue weighted by Gasteiger charge is -2.37. The van der Waals surface area contributed by atoms with E-state index in [0.29, 0.717) is 0 Å². The molecular weight excluding hydrogens is 330 g/mol. The lowest BCUT2D eigenvalue weighted by molar-refractivity contribution is -0.0376. The average Bonchev–Trinajstić information content (AvgIpc) is 2.96. The molecule has 25 heavy (non-hydrogen) atoms. The van der Waals surface area contributed by atoms with Crippen molar-refractivity contribution in [3.8, 4) is 11.1 Å². The molecule has 0 unspecified atom stereocenters. The number of hydrogen-bond donors (Lipinski definition) is 0. The molecule has 0 spiro atoms. The van der Waals surface area contributed by atoms with Crippen molar-refractivity contribution in [2.75, 3.05) is 19.6 Å². The van der Waals surface area contributed by atoms with Gasteiger partial charge in [-0.05, 0) is 23.8 Å².